The fraction of sp³-hybridized carbons (Fsp3) is 0.525. The van der Waals surface area contributed by atoms with Crippen molar-refractivity contribution in [1.29, 1.82) is 0 Å². The molecular formula is C40H48N4O7. The highest BCUT2D eigenvalue weighted by Gasteiger charge is 2.53. The van der Waals surface area contributed by atoms with Crippen LogP contribution in [0.2, 0.25) is 0 Å². The van der Waals surface area contributed by atoms with Gasteiger partial charge in [0.15, 0.2) is 12.4 Å². The molecule has 4 atom stereocenters. The van der Waals surface area contributed by atoms with E-state index < -0.39 is 29.3 Å². The van der Waals surface area contributed by atoms with Crippen LogP contribution in [0.4, 0.5) is 9.59 Å². The number of nitrogens with zero attached hydrogens (tertiary/aromatic N) is 3. The Bertz CT molecular complexity index is 1870. The van der Waals surface area contributed by atoms with Gasteiger partial charge in [-0.2, -0.15) is 0 Å². The average Bonchev–Trinajstić information content (AvgIpc) is 3.89. The number of hydrogen-bond donors (Lipinski definition) is 1. The zero-order chi connectivity index (χ0) is 36.2. The number of rotatable bonds is 6. The lowest BCUT2D eigenvalue weighted by Gasteiger charge is -2.35. The monoisotopic (exact) mass is 696 g/mol. The number of benzene rings is 2. The second kappa shape index (κ2) is 13.1. The first-order valence-corrected chi connectivity index (χ1v) is 18.2. The summed E-state index contributed by atoms with van der Waals surface area (Å²) >= 11 is 0. The Morgan fingerprint density at radius 2 is 1.55 bits per heavy atom. The molecular weight excluding hydrogens is 648 g/mol. The van der Waals surface area contributed by atoms with Crippen molar-refractivity contribution in [2.24, 2.45) is 5.92 Å². The maximum atomic E-state index is 13.3. The number of Topliss-reactive ketones (excluding diaryl/α,β-unsaturated/α-hetero) is 1. The van der Waals surface area contributed by atoms with Crippen LogP contribution < -0.4 is 0 Å². The molecule has 2 aliphatic carbocycles. The summed E-state index contributed by atoms with van der Waals surface area (Å²) in [6.07, 6.45) is 6.75. The predicted molar refractivity (Wildman–Crippen MR) is 190 cm³/mol. The van der Waals surface area contributed by atoms with Crippen molar-refractivity contribution in [3.63, 3.8) is 0 Å². The third-order valence-electron chi connectivity index (χ3n) is 10.4. The van der Waals surface area contributed by atoms with Gasteiger partial charge in [-0.1, -0.05) is 24.3 Å². The van der Waals surface area contributed by atoms with Crippen molar-refractivity contribution < 1.29 is 33.4 Å². The molecule has 2 saturated heterocycles. The standard InChI is InChI=1S/C40H48N4O7/c1-39(2,3)50-37(47)43-17-7-8-32(43)35-41-21-31(42-35)25-12-15-29-23(18-25)9-10-24-19-26(13-16-30(24)29)33(45)22-49-36(46)34-27-11-14-28(20-27)44(34)38(48)51-40(4,5)6/h12-13,15-16,18-19,21,27-28,32,34H,7-11,14,17,20,22H2,1-6H3,(H,41,42)/t27-,28+,32-,34-/m0/s1. The fourth-order valence-electron chi connectivity index (χ4n) is 8.15. The van der Waals surface area contributed by atoms with Gasteiger partial charge in [0.1, 0.15) is 23.1 Å². The zero-order valence-electron chi connectivity index (χ0n) is 30.4. The Morgan fingerprint density at radius 3 is 2.27 bits per heavy atom. The number of aromatic amines is 1. The van der Waals surface area contributed by atoms with Gasteiger partial charge in [0.2, 0.25) is 0 Å². The summed E-state index contributed by atoms with van der Waals surface area (Å²) in [5, 5.41) is 0. The van der Waals surface area contributed by atoms with E-state index >= 15 is 0 Å². The van der Waals surface area contributed by atoms with Gasteiger partial charge in [-0.25, -0.2) is 19.4 Å². The number of esters is 1. The molecule has 3 fully saturated rings. The van der Waals surface area contributed by atoms with Crippen molar-refractivity contribution in [1.82, 2.24) is 19.8 Å². The van der Waals surface area contributed by atoms with Crippen LogP contribution in [-0.4, -0.2) is 80.1 Å². The van der Waals surface area contributed by atoms with E-state index in [1.165, 1.54) is 10.5 Å². The van der Waals surface area contributed by atoms with Crippen LogP contribution in [0.1, 0.15) is 107 Å². The van der Waals surface area contributed by atoms with Crippen LogP contribution in [-0.2, 0) is 31.8 Å². The first-order chi connectivity index (χ1) is 24.1. The number of carbonyl (C=O) groups is 4. The number of ether oxygens (including phenoxy) is 3. The zero-order valence-corrected chi connectivity index (χ0v) is 30.4. The molecule has 2 bridgehead atoms. The molecule has 1 N–H and O–H groups in total. The molecule has 0 unspecified atom stereocenters. The van der Waals surface area contributed by atoms with E-state index in [0.717, 1.165) is 78.7 Å². The van der Waals surface area contributed by atoms with Crippen LogP contribution in [0.15, 0.2) is 42.6 Å². The molecule has 51 heavy (non-hydrogen) atoms. The SMILES string of the molecule is CC(C)(C)OC(=O)N1CCC[C@H]1c1ncc(-c2ccc3c(c2)CCc2cc(C(=O)COC(=O)[C@@H]4[C@H]5CC[C@H](C5)N4C(=O)OC(C)(C)C)ccc2-3)[nH]1. The van der Waals surface area contributed by atoms with Crippen molar-refractivity contribution in [2.75, 3.05) is 13.2 Å². The maximum absolute atomic E-state index is 13.3. The highest BCUT2D eigenvalue weighted by atomic mass is 16.6. The van der Waals surface area contributed by atoms with Crippen LogP contribution in [0.5, 0.6) is 0 Å². The van der Waals surface area contributed by atoms with Gasteiger partial charge >= 0.3 is 18.2 Å². The summed E-state index contributed by atoms with van der Waals surface area (Å²) in [6.45, 7) is 11.3. The summed E-state index contributed by atoms with van der Waals surface area (Å²) in [4.78, 5) is 63.8. The average molecular weight is 697 g/mol. The summed E-state index contributed by atoms with van der Waals surface area (Å²) in [6, 6.07) is 11.1. The topological polar surface area (TPSA) is 131 Å². The minimum atomic E-state index is -0.723. The predicted octanol–water partition coefficient (Wildman–Crippen LogP) is 7.43. The molecule has 270 valence electrons. The first kappa shape index (κ1) is 34.8. The minimum absolute atomic E-state index is 0.0200. The fourth-order valence-corrected chi connectivity index (χ4v) is 8.15. The number of aromatic nitrogens is 2. The number of likely N-dealkylation sites (tertiary alicyclic amines) is 2. The van der Waals surface area contributed by atoms with Gasteiger partial charge in [-0.15, -0.1) is 0 Å². The molecule has 1 saturated carbocycles. The van der Waals surface area contributed by atoms with E-state index in [-0.39, 0.29) is 36.5 Å². The summed E-state index contributed by atoms with van der Waals surface area (Å²) in [5.41, 5.74) is 5.66. The third-order valence-corrected chi connectivity index (χ3v) is 10.4. The summed E-state index contributed by atoms with van der Waals surface area (Å²) < 4.78 is 16.8. The normalized spacial score (nSPS) is 22.4. The Balaban J connectivity index is 1.00. The number of H-pyrrole nitrogens is 1. The number of fused-ring (bicyclic) bond motifs is 5. The number of amides is 2. The van der Waals surface area contributed by atoms with Gasteiger partial charge in [0.25, 0.3) is 0 Å². The van der Waals surface area contributed by atoms with E-state index in [9.17, 15) is 19.2 Å². The number of hydrogen-bond acceptors (Lipinski definition) is 8. The second-order valence-electron chi connectivity index (χ2n) is 16.3. The van der Waals surface area contributed by atoms with Gasteiger partial charge in [-0.3, -0.25) is 14.6 Å². The largest absolute Gasteiger partial charge is 0.456 e. The van der Waals surface area contributed by atoms with Crippen molar-refractivity contribution in [2.45, 2.75) is 116 Å². The Morgan fingerprint density at radius 1 is 0.863 bits per heavy atom. The highest BCUT2D eigenvalue weighted by molar-refractivity contribution is 5.99. The van der Waals surface area contributed by atoms with Crippen molar-refractivity contribution in [3.8, 4) is 22.4 Å². The number of nitrogens with one attached hydrogen (secondary N) is 1. The number of aryl methyl sites for hydroxylation is 2. The molecule has 11 nitrogen and oxygen atoms in total. The Hall–Kier alpha value is -4.67. The van der Waals surface area contributed by atoms with E-state index in [0.29, 0.717) is 12.1 Å². The lowest BCUT2D eigenvalue weighted by molar-refractivity contribution is -0.150. The van der Waals surface area contributed by atoms with Crippen molar-refractivity contribution >= 4 is 23.9 Å². The van der Waals surface area contributed by atoms with Gasteiger partial charge in [0.05, 0.1) is 17.9 Å². The lowest BCUT2D eigenvalue weighted by Crippen LogP contribution is -2.51. The first-order valence-electron chi connectivity index (χ1n) is 18.2. The quantitative estimate of drug-likeness (QED) is 0.160. The van der Waals surface area contributed by atoms with Gasteiger partial charge in [0, 0.05) is 18.2 Å². The van der Waals surface area contributed by atoms with Crippen molar-refractivity contribution in [3.05, 3.63) is 65.1 Å². The maximum Gasteiger partial charge on any atom is 0.411 e. The van der Waals surface area contributed by atoms with Crippen LogP contribution in [0.3, 0.4) is 0 Å². The minimum Gasteiger partial charge on any atom is -0.456 e. The molecule has 4 aliphatic rings. The number of piperidine rings is 1. The molecule has 3 heterocycles. The molecule has 2 amide bonds. The van der Waals surface area contributed by atoms with Crippen LogP contribution in [0, 0.1) is 5.92 Å². The molecule has 7 rings (SSSR count). The van der Waals surface area contributed by atoms with Crippen LogP contribution in [0.25, 0.3) is 22.4 Å². The smallest absolute Gasteiger partial charge is 0.411 e. The second-order valence-corrected chi connectivity index (χ2v) is 16.3. The van der Waals surface area contributed by atoms with E-state index in [2.05, 4.69) is 28.2 Å². The number of imidazole rings is 1. The molecule has 11 heteroatoms. The summed E-state index contributed by atoms with van der Waals surface area (Å²) in [5.74, 6) is -0.0411. The molecule has 0 spiro atoms. The third kappa shape index (κ3) is 7.12. The number of carbonyl (C=O) groups excluding carboxylic acids is 4. The molecule has 3 aromatic rings. The molecule has 1 aromatic heterocycles. The molecule has 2 aromatic carbocycles. The lowest BCUT2D eigenvalue weighted by atomic mass is 9.83. The number of ketones is 1. The Labute approximate surface area is 299 Å². The van der Waals surface area contributed by atoms with E-state index in [1.54, 1.807) is 31.7 Å². The van der Waals surface area contributed by atoms with Gasteiger partial charge in [-0.05, 0) is 132 Å². The highest BCUT2D eigenvalue weighted by Crippen LogP contribution is 2.44. The van der Waals surface area contributed by atoms with Crippen LogP contribution >= 0.6 is 0 Å². The molecule has 0 radical (unpaired) electrons. The summed E-state index contributed by atoms with van der Waals surface area (Å²) in [7, 11) is 0. The Kier molecular flexibility index (Phi) is 8.96. The van der Waals surface area contributed by atoms with E-state index in [4.69, 9.17) is 14.2 Å². The van der Waals surface area contributed by atoms with E-state index in [1.807, 2.05) is 39.1 Å². The van der Waals surface area contributed by atoms with Gasteiger partial charge < -0.3 is 19.2 Å². The molecule has 2 aliphatic heterocycles.